The molecule has 2 heterocycles. The second-order valence-electron chi connectivity index (χ2n) is 11.8. The monoisotopic (exact) mass is 601 g/mol. The van der Waals surface area contributed by atoms with E-state index in [-0.39, 0.29) is 16.7 Å². The zero-order valence-corrected chi connectivity index (χ0v) is 26.2. The Morgan fingerprint density at radius 1 is 1.05 bits per heavy atom. The van der Waals surface area contributed by atoms with Gasteiger partial charge in [0.2, 0.25) is 5.91 Å². The van der Waals surface area contributed by atoms with Crippen LogP contribution in [0.2, 0.25) is 5.02 Å². The van der Waals surface area contributed by atoms with Gasteiger partial charge in [-0.05, 0) is 93.6 Å². The summed E-state index contributed by atoms with van der Waals surface area (Å²) >= 11 is 6.13. The molecular weight excluding hydrogens is 558 g/mol. The van der Waals surface area contributed by atoms with Gasteiger partial charge in [-0.3, -0.25) is 9.59 Å². The van der Waals surface area contributed by atoms with Crippen molar-refractivity contribution in [2.75, 3.05) is 32.4 Å². The highest BCUT2D eigenvalue weighted by atomic mass is 35.5. The van der Waals surface area contributed by atoms with E-state index in [1.807, 2.05) is 6.92 Å². The number of amides is 2. The number of hydrogen-bond acceptors (Lipinski definition) is 5. The Labute approximate surface area is 250 Å². The Morgan fingerprint density at radius 2 is 1.78 bits per heavy atom. The Morgan fingerprint density at radius 3 is 2.46 bits per heavy atom. The maximum atomic E-state index is 13.3. The van der Waals surface area contributed by atoms with Crippen LogP contribution in [0.15, 0.2) is 58.3 Å². The van der Waals surface area contributed by atoms with E-state index in [2.05, 4.69) is 22.0 Å². The largest absolute Gasteiger partial charge is 0.370 e. The Hall–Kier alpha value is -2.58. The molecule has 1 unspecified atom stereocenters. The van der Waals surface area contributed by atoms with Gasteiger partial charge < -0.3 is 15.1 Å². The zero-order valence-electron chi connectivity index (χ0n) is 24.6. The molecule has 0 saturated carbocycles. The van der Waals surface area contributed by atoms with Crippen LogP contribution in [-0.4, -0.2) is 62.5 Å². The van der Waals surface area contributed by atoms with Crippen molar-refractivity contribution in [3.63, 3.8) is 0 Å². The van der Waals surface area contributed by atoms with Crippen LogP contribution >= 0.6 is 11.6 Å². The minimum Gasteiger partial charge on any atom is -0.370 e. The van der Waals surface area contributed by atoms with Gasteiger partial charge >= 0.3 is 0 Å². The molecule has 4 rings (SSSR count). The predicted octanol–water partition coefficient (Wildman–Crippen LogP) is 6.09. The van der Waals surface area contributed by atoms with Crippen molar-refractivity contribution in [2.24, 2.45) is 11.8 Å². The van der Waals surface area contributed by atoms with E-state index in [1.165, 1.54) is 19.1 Å². The number of sulfone groups is 1. The summed E-state index contributed by atoms with van der Waals surface area (Å²) in [6.45, 7) is 7.52. The fourth-order valence-corrected chi connectivity index (χ4v) is 7.17. The molecule has 0 spiro atoms. The summed E-state index contributed by atoms with van der Waals surface area (Å²) in [5.41, 5.74) is 2.85. The lowest BCUT2D eigenvalue weighted by molar-refractivity contribution is -0.132. The van der Waals surface area contributed by atoms with Crippen molar-refractivity contribution in [1.29, 1.82) is 0 Å². The summed E-state index contributed by atoms with van der Waals surface area (Å²) in [5, 5.41) is 3.46. The van der Waals surface area contributed by atoms with Crippen molar-refractivity contribution >= 4 is 33.3 Å². The molecule has 1 aliphatic carbocycles. The summed E-state index contributed by atoms with van der Waals surface area (Å²) in [7, 11) is -3.49. The molecule has 1 N–H and O–H groups in total. The number of benzene rings is 1. The smallest absolute Gasteiger partial charge is 0.255 e. The summed E-state index contributed by atoms with van der Waals surface area (Å²) in [4.78, 5) is 31.0. The second-order valence-corrected chi connectivity index (χ2v) is 14.2. The van der Waals surface area contributed by atoms with Gasteiger partial charge in [0.15, 0.2) is 9.84 Å². The first-order chi connectivity index (χ1) is 19.5. The minimum absolute atomic E-state index is 0.201. The molecule has 2 saturated heterocycles. The molecule has 2 fully saturated rings. The number of allylic oxidation sites excluding steroid dienone is 3. The molecule has 0 aromatic heterocycles. The van der Waals surface area contributed by atoms with Gasteiger partial charge in [0.05, 0.1) is 16.3 Å². The SMILES string of the molecule is CCC1CCCN(C(=O)CC2CCN(C3=C(C)CCC=C(S(C)(=O)=O)C=C3NC(=O)c3cccc(Cl)c3)CC2)CC1. The topological polar surface area (TPSA) is 86.8 Å². The van der Waals surface area contributed by atoms with Crippen molar-refractivity contribution in [1.82, 2.24) is 15.1 Å². The molecule has 41 heavy (non-hydrogen) atoms. The number of hydrogen-bond donors (Lipinski definition) is 1. The third kappa shape index (κ3) is 8.48. The molecule has 0 bridgehead atoms. The quantitative estimate of drug-likeness (QED) is 0.409. The highest BCUT2D eigenvalue weighted by Crippen LogP contribution is 2.32. The Bertz CT molecular complexity index is 1330. The van der Waals surface area contributed by atoms with Gasteiger partial charge in [-0.1, -0.05) is 37.1 Å². The van der Waals surface area contributed by atoms with E-state index < -0.39 is 9.84 Å². The molecule has 2 amide bonds. The predicted molar refractivity (Wildman–Crippen MR) is 165 cm³/mol. The number of halogens is 1. The molecule has 1 aromatic rings. The van der Waals surface area contributed by atoms with Crippen molar-refractivity contribution in [3.05, 3.63) is 68.9 Å². The van der Waals surface area contributed by atoms with Gasteiger partial charge in [-0.2, -0.15) is 0 Å². The summed E-state index contributed by atoms with van der Waals surface area (Å²) < 4.78 is 25.2. The molecule has 224 valence electrons. The highest BCUT2D eigenvalue weighted by molar-refractivity contribution is 7.94. The summed E-state index contributed by atoms with van der Waals surface area (Å²) in [6, 6.07) is 6.70. The van der Waals surface area contributed by atoms with Crippen LogP contribution in [0.4, 0.5) is 0 Å². The standard InChI is InChI=1S/C32H44ClN3O4S/c1-4-24-9-7-16-35(17-13-24)30(37)20-25-14-18-36(19-15-25)31-23(2)8-5-12-28(41(3,39)40)22-29(31)34-32(38)26-10-6-11-27(33)21-26/h6,10-12,21-22,24-25H,4-5,7-9,13-20H2,1-3H3,(H,34,38). The van der Waals surface area contributed by atoms with Crippen molar-refractivity contribution in [2.45, 2.75) is 71.6 Å². The fraction of sp³-hybridized carbons (Fsp3) is 0.562. The van der Waals surface area contributed by atoms with E-state index in [1.54, 1.807) is 36.4 Å². The first-order valence-corrected chi connectivity index (χ1v) is 17.2. The number of rotatable bonds is 7. The second kappa shape index (κ2) is 14.1. The van der Waals surface area contributed by atoms with Crippen LogP contribution in [0.3, 0.4) is 0 Å². The number of piperidine rings is 1. The maximum Gasteiger partial charge on any atom is 0.255 e. The van der Waals surface area contributed by atoms with E-state index in [4.69, 9.17) is 11.6 Å². The van der Waals surface area contributed by atoms with Crippen LogP contribution in [0, 0.1) is 11.8 Å². The summed E-state index contributed by atoms with van der Waals surface area (Å²) in [6.07, 6.45) is 12.7. The molecule has 0 radical (unpaired) electrons. The number of carbonyl (C=O) groups excluding carboxylic acids is 2. The average Bonchev–Trinajstić information content (AvgIpc) is 3.18. The molecule has 3 aliphatic rings. The first kappa shape index (κ1) is 31.4. The third-order valence-electron chi connectivity index (χ3n) is 8.75. The number of nitrogens with zero attached hydrogens (tertiary/aromatic N) is 2. The summed E-state index contributed by atoms with van der Waals surface area (Å²) in [5.74, 6) is 0.981. The normalized spacial score (nSPS) is 21.4. The zero-order chi connectivity index (χ0) is 29.6. The van der Waals surface area contributed by atoms with E-state index >= 15 is 0 Å². The van der Waals surface area contributed by atoms with E-state index in [0.29, 0.717) is 41.5 Å². The van der Waals surface area contributed by atoms with Gasteiger partial charge in [0, 0.05) is 49.4 Å². The lowest BCUT2D eigenvalue weighted by Crippen LogP contribution is -2.40. The molecular formula is C32H44ClN3O4S. The first-order valence-electron chi connectivity index (χ1n) is 15.0. The van der Waals surface area contributed by atoms with Crippen LogP contribution < -0.4 is 5.32 Å². The van der Waals surface area contributed by atoms with Crippen LogP contribution in [0.25, 0.3) is 0 Å². The van der Waals surface area contributed by atoms with Gasteiger partial charge in [-0.25, -0.2) is 8.42 Å². The minimum atomic E-state index is -3.49. The van der Waals surface area contributed by atoms with Gasteiger partial charge in [0.1, 0.15) is 0 Å². The molecule has 9 heteroatoms. The fourth-order valence-electron chi connectivity index (χ4n) is 6.23. The van der Waals surface area contributed by atoms with Gasteiger partial charge in [-0.15, -0.1) is 0 Å². The maximum absolute atomic E-state index is 13.3. The van der Waals surface area contributed by atoms with Crippen LogP contribution in [-0.2, 0) is 14.6 Å². The Kier molecular flexibility index (Phi) is 10.8. The number of nitrogens with one attached hydrogen (secondary N) is 1. The lowest BCUT2D eigenvalue weighted by Gasteiger charge is -2.38. The molecule has 1 aromatic carbocycles. The van der Waals surface area contributed by atoms with Gasteiger partial charge in [0.25, 0.3) is 5.91 Å². The number of likely N-dealkylation sites (tertiary alicyclic amines) is 2. The van der Waals surface area contributed by atoms with Crippen LogP contribution in [0.5, 0.6) is 0 Å². The van der Waals surface area contributed by atoms with E-state index in [9.17, 15) is 18.0 Å². The highest BCUT2D eigenvalue weighted by Gasteiger charge is 2.29. The molecule has 2 aliphatic heterocycles. The van der Waals surface area contributed by atoms with Crippen molar-refractivity contribution < 1.29 is 18.0 Å². The third-order valence-corrected chi connectivity index (χ3v) is 10.1. The van der Waals surface area contributed by atoms with Crippen molar-refractivity contribution in [3.8, 4) is 0 Å². The lowest BCUT2D eigenvalue weighted by atomic mass is 9.91. The molecule has 1 atom stereocenters. The van der Waals surface area contributed by atoms with E-state index in [0.717, 1.165) is 69.1 Å². The average molecular weight is 602 g/mol. The molecule has 7 nitrogen and oxygen atoms in total. The Balaban J connectivity index is 1.50. The van der Waals surface area contributed by atoms with Crippen LogP contribution in [0.1, 0.15) is 82.0 Å². The number of carbonyl (C=O) groups is 2.